The first-order valence-corrected chi connectivity index (χ1v) is 7.41. The van der Waals surface area contributed by atoms with Crippen LogP contribution in [0.25, 0.3) is 0 Å². The lowest BCUT2D eigenvalue weighted by Gasteiger charge is -2.30. The van der Waals surface area contributed by atoms with E-state index in [9.17, 15) is 18.0 Å². The Morgan fingerprint density at radius 2 is 2.16 bits per heavy atom. The Morgan fingerprint density at radius 3 is 2.79 bits per heavy atom. The van der Waals surface area contributed by atoms with Crippen molar-refractivity contribution in [3.63, 3.8) is 0 Å². The zero-order chi connectivity index (χ0) is 14.0. The minimum absolute atomic E-state index is 0.102. The molecule has 4 N–H and O–H groups in total. The van der Waals surface area contributed by atoms with Gasteiger partial charge in [0.05, 0.1) is 0 Å². The van der Waals surface area contributed by atoms with E-state index in [2.05, 4.69) is 4.98 Å². The van der Waals surface area contributed by atoms with Gasteiger partial charge in [-0.1, -0.05) is 0 Å². The number of hydrogen-bond acceptors (Lipinski definition) is 5. The maximum atomic E-state index is 12.3. The van der Waals surface area contributed by atoms with E-state index in [1.54, 1.807) is 0 Å². The number of sulfonamides is 1. The highest BCUT2D eigenvalue weighted by Crippen LogP contribution is 2.20. The number of aromatic nitrogens is 2. The third kappa shape index (κ3) is 2.77. The van der Waals surface area contributed by atoms with E-state index in [0.717, 1.165) is 12.6 Å². The minimum atomic E-state index is -3.89. The topological polar surface area (TPSA) is 129 Å². The van der Waals surface area contributed by atoms with E-state index in [1.807, 2.05) is 4.98 Å². The molecule has 0 amide bonds. The number of aromatic amines is 2. The molecular weight excluding hydrogens is 272 g/mol. The first kappa shape index (κ1) is 14.0. The first-order chi connectivity index (χ1) is 8.95. The Morgan fingerprint density at radius 1 is 1.42 bits per heavy atom. The number of piperidine rings is 1. The van der Waals surface area contributed by atoms with Gasteiger partial charge in [0.2, 0.25) is 10.0 Å². The maximum absolute atomic E-state index is 12.3. The molecule has 0 spiro atoms. The molecule has 106 valence electrons. The molecule has 2 heterocycles. The Hall–Kier alpha value is -1.45. The summed E-state index contributed by atoms with van der Waals surface area (Å²) in [4.78, 5) is 26.1. The molecule has 0 aromatic carbocycles. The molecule has 1 aliphatic heterocycles. The smallest absolute Gasteiger partial charge is 0.325 e. The summed E-state index contributed by atoms with van der Waals surface area (Å²) < 4.78 is 25.9. The highest BCUT2D eigenvalue weighted by atomic mass is 32.2. The number of hydrogen-bond donors (Lipinski definition) is 3. The average molecular weight is 288 g/mol. The molecule has 1 atom stereocenters. The summed E-state index contributed by atoms with van der Waals surface area (Å²) in [5, 5.41) is 0. The van der Waals surface area contributed by atoms with Crippen LogP contribution in [0.2, 0.25) is 0 Å². The lowest BCUT2D eigenvalue weighted by molar-refractivity contribution is 0.271. The van der Waals surface area contributed by atoms with Gasteiger partial charge in [-0.3, -0.25) is 9.78 Å². The SMILES string of the molecule is NCC1CCCN(S(=O)(=O)c2c[nH]c(=O)[nH]c2=O)C1. The summed E-state index contributed by atoms with van der Waals surface area (Å²) in [5.74, 6) is 0.102. The van der Waals surface area contributed by atoms with E-state index in [4.69, 9.17) is 5.73 Å². The van der Waals surface area contributed by atoms with Crippen LogP contribution in [0.3, 0.4) is 0 Å². The van der Waals surface area contributed by atoms with E-state index in [0.29, 0.717) is 26.1 Å². The summed E-state index contributed by atoms with van der Waals surface area (Å²) in [6.45, 7) is 1.07. The summed E-state index contributed by atoms with van der Waals surface area (Å²) >= 11 is 0. The molecule has 1 aliphatic rings. The molecule has 9 heteroatoms. The van der Waals surface area contributed by atoms with Crippen molar-refractivity contribution in [3.8, 4) is 0 Å². The monoisotopic (exact) mass is 288 g/mol. The van der Waals surface area contributed by atoms with Crippen LogP contribution in [0.15, 0.2) is 20.7 Å². The minimum Gasteiger partial charge on any atom is -0.330 e. The van der Waals surface area contributed by atoms with Crippen molar-refractivity contribution in [2.75, 3.05) is 19.6 Å². The van der Waals surface area contributed by atoms with Crippen LogP contribution >= 0.6 is 0 Å². The van der Waals surface area contributed by atoms with Crippen molar-refractivity contribution >= 4 is 10.0 Å². The normalized spacial score (nSPS) is 21.4. The van der Waals surface area contributed by atoms with Gasteiger partial charge in [0.25, 0.3) is 5.56 Å². The number of nitrogens with zero attached hydrogens (tertiary/aromatic N) is 1. The second-order valence-electron chi connectivity index (χ2n) is 4.54. The van der Waals surface area contributed by atoms with Crippen molar-refractivity contribution in [1.29, 1.82) is 0 Å². The van der Waals surface area contributed by atoms with Gasteiger partial charge in [-0.05, 0) is 25.3 Å². The lowest BCUT2D eigenvalue weighted by atomic mass is 10.0. The Kier molecular flexibility index (Phi) is 3.88. The van der Waals surface area contributed by atoms with Gasteiger partial charge in [0.1, 0.15) is 0 Å². The van der Waals surface area contributed by atoms with Crippen LogP contribution in [-0.4, -0.2) is 42.3 Å². The van der Waals surface area contributed by atoms with Gasteiger partial charge in [-0.15, -0.1) is 0 Å². The molecule has 1 aromatic rings. The highest BCUT2D eigenvalue weighted by Gasteiger charge is 2.31. The summed E-state index contributed by atoms with van der Waals surface area (Å²) in [6, 6.07) is 0. The van der Waals surface area contributed by atoms with Gasteiger partial charge >= 0.3 is 5.69 Å². The fraction of sp³-hybridized carbons (Fsp3) is 0.600. The van der Waals surface area contributed by atoms with Gasteiger partial charge < -0.3 is 10.7 Å². The Bertz CT molecular complexity index is 663. The zero-order valence-corrected chi connectivity index (χ0v) is 11.1. The number of H-pyrrole nitrogens is 2. The second kappa shape index (κ2) is 5.27. The van der Waals surface area contributed by atoms with E-state index >= 15 is 0 Å². The van der Waals surface area contributed by atoms with Crippen LogP contribution in [0.4, 0.5) is 0 Å². The average Bonchev–Trinajstić information content (AvgIpc) is 2.38. The van der Waals surface area contributed by atoms with Crippen molar-refractivity contribution in [2.45, 2.75) is 17.7 Å². The molecule has 0 saturated carbocycles. The van der Waals surface area contributed by atoms with Crippen LogP contribution in [0, 0.1) is 5.92 Å². The zero-order valence-electron chi connectivity index (χ0n) is 10.3. The molecule has 1 fully saturated rings. The molecule has 0 bridgehead atoms. The van der Waals surface area contributed by atoms with Gasteiger partial charge in [-0.2, -0.15) is 4.31 Å². The molecule has 1 unspecified atom stereocenters. The van der Waals surface area contributed by atoms with Gasteiger partial charge in [-0.25, -0.2) is 13.2 Å². The fourth-order valence-electron chi connectivity index (χ4n) is 2.17. The molecule has 0 radical (unpaired) electrons. The predicted molar refractivity (Wildman–Crippen MR) is 68.2 cm³/mol. The molecule has 0 aliphatic carbocycles. The quantitative estimate of drug-likeness (QED) is 0.618. The van der Waals surface area contributed by atoms with Crippen molar-refractivity contribution in [3.05, 3.63) is 27.0 Å². The van der Waals surface area contributed by atoms with Crippen molar-refractivity contribution < 1.29 is 8.42 Å². The van der Waals surface area contributed by atoms with E-state index in [1.165, 1.54) is 4.31 Å². The van der Waals surface area contributed by atoms with Crippen LogP contribution < -0.4 is 17.0 Å². The standard InChI is InChI=1S/C10H16N4O4S/c11-4-7-2-1-3-14(6-7)19(17,18)8-5-12-10(16)13-9(8)15/h5,7H,1-4,6,11H2,(H2,12,13,15,16). The van der Waals surface area contributed by atoms with Crippen molar-refractivity contribution in [2.24, 2.45) is 11.7 Å². The summed E-state index contributed by atoms with van der Waals surface area (Å²) in [6.07, 6.45) is 2.52. The van der Waals surface area contributed by atoms with Gasteiger partial charge in [0.15, 0.2) is 4.90 Å². The molecular formula is C10H16N4O4S. The van der Waals surface area contributed by atoms with Crippen LogP contribution in [0.5, 0.6) is 0 Å². The Balaban J connectivity index is 2.37. The third-order valence-electron chi connectivity index (χ3n) is 3.22. The summed E-state index contributed by atoms with van der Waals surface area (Å²) in [5.41, 5.74) is 3.92. The number of nitrogens with one attached hydrogen (secondary N) is 2. The largest absolute Gasteiger partial charge is 0.330 e. The number of rotatable bonds is 3. The van der Waals surface area contributed by atoms with E-state index in [-0.39, 0.29) is 5.92 Å². The second-order valence-corrected chi connectivity index (χ2v) is 6.45. The fourth-order valence-corrected chi connectivity index (χ4v) is 3.71. The Labute approximate surface area is 109 Å². The lowest BCUT2D eigenvalue weighted by Crippen LogP contribution is -2.44. The molecule has 1 saturated heterocycles. The molecule has 19 heavy (non-hydrogen) atoms. The molecule has 2 rings (SSSR count). The molecule has 8 nitrogen and oxygen atoms in total. The molecule has 1 aromatic heterocycles. The maximum Gasteiger partial charge on any atom is 0.325 e. The van der Waals surface area contributed by atoms with Gasteiger partial charge in [0, 0.05) is 19.3 Å². The predicted octanol–water partition coefficient (Wildman–Crippen LogP) is -1.58. The third-order valence-corrected chi connectivity index (χ3v) is 5.09. The number of nitrogens with two attached hydrogens (primary N) is 1. The van der Waals surface area contributed by atoms with Crippen LogP contribution in [-0.2, 0) is 10.0 Å². The first-order valence-electron chi connectivity index (χ1n) is 5.97. The highest BCUT2D eigenvalue weighted by molar-refractivity contribution is 7.89. The van der Waals surface area contributed by atoms with E-state index < -0.39 is 26.2 Å². The summed E-state index contributed by atoms with van der Waals surface area (Å²) in [7, 11) is -3.89. The van der Waals surface area contributed by atoms with Crippen molar-refractivity contribution in [1.82, 2.24) is 14.3 Å². The van der Waals surface area contributed by atoms with Crippen LogP contribution in [0.1, 0.15) is 12.8 Å².